The Balaban J connectivity index is 1.40. The van der Waals surface area contributed by atoms with Gasteiger partial charge in [0, 0.05) is 39.0 Å². The maximum Gasteiger partial charge on any atom is 0.407 e. The number of carbonyl (C=O) groups is 5. The van der Waals surface area contributed by atoms with Crippen LogP contribution in [-0.2, 0) is 35.2 Å². The number of hydrogen-bond donors (Lipinski definition) is 5. The number of rotatable bonds is 20. The zero-order valence-corrected chi connectivity index (χ0v) is 34.4. The van der Waals surface area contributed by atoms with Crippen LogP contribution >= 0.6 is 11.3 Å². The van der Waals surface area contributed by atoms with Gasteiger partial charge >= 0.3 is 6.09 Å². The van der Waals surface area contributed by atoms with E-state index in [0.717, 1.165) is 47.4 Å². The number of aromatic nitrogens is 1. The molecule has 4 atom stereocenters. The molecule has 2 aromatic rings. The standard InChI is InChI=1S/C40H62N6O8S/c1-26-34(55-25-43-26)28-16-14-27(15-17-28)22-42-36(50)31-21-30(47)23-46(31)37(51)35(39(2,3)4)45-33(49)13-11-9-8-10-12-20-53-24-29(18-19-32(41)48)44-38(52)54-40(5,6)7/h14-17,25,29-31,35,47H,8-13,18-24H2,1-7H3,(H2,41,48)(H,42,50)(H,44,52)(H,45,49). The van der Waals surface area contributed by atoms with Crippen LogP contribution < -0.4 is 21.7 Å². The molecule has 55 heavy (non-hydrogen) atoms. The van der Waals surface area contributed by atoms with Crippen molar-refractivity contribution in [1.29, 1.82) is 0 Å². The van der Waals surface area contributed by atoms with E-state index in [0.29, 0.717) is 19.4 Å². The Bertz CT molecular complexity index is 1570. The number of aryl methyl sites for hydroxylation is 1. The lowest BCUT2D eigenvalue weighted by Gasteiger charge is -2.35. The summed E-state index contributed by atoms with van der Waals surface area (Å²) in [6.45, 7) is 13.9. The number of amides is 5. The Morgan fingerprint density at radius 1 is 0.982 bits per heavy atom. The minimum absolute atomic E-state index is 0.0142. The van der Waals surface area contributed by atoms with Crippen molar-refractivity contribution in [3.8, 4) is 10.4 Å². The monoisotopic (exact) mass is 786 g/mol. The van der Waals surface area contributed by atoms with Gasteiger partial charge in [-0.2, -0.15) is 0 Å². The topological polar surface area (TPSA) is 202 Å². The second-order valence-electron chi connectivity index (χ2n) is 16.4. The van der Waals surface area contributed by atoms with Gasteiger partial charge in [0.05, 0.1) is 34.8 Å². The molecule has 15 heteroatoms. The number of unbranched alkanes of at least 4 members (excludes halogenated alkanes) is 4. The van der Waals surface area contributed by atoms with Crippen molar-refractivity contribution in [1.82, 2.24) is 25.8 Å². The minimum atomic E-state index is -0.878. The largest absolute Gasteiger partial charge is 0.444 e. The van der Waals surface area contributed by atoms with Gasteiger partial charge in [0.2, 0.25) is 23.6 Å². The Kier molecular flexibility index (Phi) is 17.5. The number of aliphatic hydroxyl groups excluding tert-OH is 1. The van der Waals surface area contributed by atoms with Gasteiger partial charge in [-0.15, -0.1) is 11.3 Å². The highest BCUT2D eigenvalue weighted by Gasteiger charge is 2.44. The second-order valence-corrected chi connectivity index (χ2v) is 17.2. The lowest BCUT2D eigenvalue weighted by Crippen LogP contribution is -2.57. The van der Waals surface area contributed by atoms with Crippen molar-refractivity contribution in [3.05, 3.63) is 41.0 Å². The average molecular weight is 787 g/mol. The van der Waals surface area contributed by atoms with Gasteiger partial charge in [0.1, 0.15) is 17.7 Å². The van der Waals surface area contributed by atoms with E-state index in [9.17, 15) is 29.1 Å². The first-order valence-electron chi connectivity index (χ1n) is 19.2. The fourth-order valence-electron chi connectivity index (χ4n) is 6.25. The number of nitrogens with zero attached hydrogens (tertiary/aromatic N) is 2. The van der Waals surface area contributed by atoms with Crippen molar-refractivity contribution in [2.45, 2.75) is 143 Å². The van der Waals surface area contributed by atoms with Crippen LogP contribution in [0.5, 0.6) is 0 Å². The molecule has 14 nitrogen and oxygen atoms in total. The van der Waals surface area contributed by atoms with Crippen molar-refractivity contribution in [3.63, 3.8) is 0 Å². The number of nitrogens with two attached hydrogens (primary N) is 1. The van der Waals surface area contributed by atoms with Gasteiger partial charge < -0.3 is 41.2 Å². The molecule has 1 aromatic heterocycles. The number of benzene rings is 1. The Labute approximate surface area is 329 Å². The molecule has 306 valence electrons. The molecule has 4 unspecified atom stereocenters. The summed E-state index contributed by atoms with van der Waals surface area (Å²) in [5.41, 5.74) is 8.73. The maximum absolute atomic E-state index is 13.9. The number of hydrogen-bond acceptors (Lipinski definition) is 10. The highest BCUT2D eigenvalue weighted by Crippen LogP contribution is 2.28. The summed E-state index contributed by atoms with van der Waals surface area (Å²) < 4.78 is 11.1. The summed E-state index contributed by atoms with van der Waals surface area (Å²) in [5, 5.41) is 19.1. The third-order valence-electron chi connectivity index (χ3n) is 9.18. The summed E-state index contributed by atoms with van der Waals surface area (Å²) in [4.78, 5) is 70.6. The molecule has 5 amide bonds. The van der Waals surface area contributed by atoms with E-state index < -0.39 is 47.2 Å². The molecule has 6 N–H and O–H groups in total. The van der Waals surface area contributed by atoms with Crippen LogP contribution in [0.4, 0.5) is 4.79 Å². The van der Waals surface area contributed by atoms with Gasteiger partial charge in [-0.05, 0) is 63.5 Å². The van der Waals surface area contributed by atoms with Crippen LogP contribution in [0.15, 0.2) is 29.8 Å². The molecular formula is C40H62N6O8S. The van der Waals surface area contributed by atoms with E-state index in [1.165, 1.54) is 4.90 Å². The van der Waals surface area contributed by atoms with E-state index in [4.69, 9.17) is 15.2 Å². The fourth-order valence-corrected chi connectivity index (χ4v) is 7.06. The van der Waals surface area contributed by atoms with E-state index in [1.807, 2.05) is 57.5 Å². The highest BCUT2D eigenvalue weighted by molar-refractivity contribution is 7.13. The van der Waals surface area contributed by atoms with Gasteiger partial charge in [-0.25, -0.2) is 9.78 Å². The number of thiazole rings is 1. The molecule has 1 aromatic carbocycles. The molecule has 2 heterocycles. The molecule has 1 aliphatic rings. The Hall–Kier alpha value is -4.08. The van der Waals surface area contributed by atoms with Crippen molar-refractivity contribution >= 4 is 41.1 Å². The second kappa shape index (κ2) is 21.3. The quantitative estimate of drug-likeness (QED) is 0.118. The van der Waals surface area contributed by atoms with Crippen LogP contribution in [0.3, 0.4) is 0 Å². The molecule has 1 aliphatic heterocycles. The lowest BCUT2D eigenvalue weighted by atomic mass is 9.85. The number of carbonyl (C=O) groups excluding carboxylic acids is 5. The lowest BCUT2D eigenvalue weighted by molar-refractivity contribution is -0.144. The Morgan fingerprint density at radius 3 is 2.27 bits per heavy atom. The van der Waals surface area contributed by atoms with Gasteiger partial charge in [0.25, 0.3) is 0 Å². The molecule has 1 fully saturated rings. The first-order valence-corrected chi connectivity index (χ1v) is 20.1. The zero-order valence-electron chi connectivity index (χ0n) is 33.6. The zero-order chi connectivity index (χ0) is 40.8. The number of likely N-dealkylation sites (tertiary alicyclic amines) is 1. The van der Waals surface area contributed by atoms with E-state index in [1.54, 1.807) is 32.1 Å². The average Bonchev–Trinajstić information content (AvgIpc) is 3.71. The normalized spacial score (nSPS) is 17.0. The van der Waals surface area contributed by atoms with E-state index >= 15 is 0 Å². The molecule has 0 aliphatic carbocycles. The van der Waals surface area contributed by atoms with Crippen molar-refractivity contribution < 1.29 is 38.6 Å². The molecule has 0 saturated carbocycles. The highest BCUT2D eigenvalue weighted by atomic mass is 32.1. The molecular weight excluding hydrogens is 725 g/mol. The number of alkyl carbamates (subject to hydrolysis) is 1. The molecule has 0 spiro atoms. The third-order valence-corrected chi connectivity index (χ3v) is 10.2. The van der Waals surface area contributed by atoms with Crippen LogP contribution in [0.1, 0.15) is 111 Å². The van der Waals surface area contributed by atoms with Gasteiger partial charge in [0.15, 0.2) is 0 Å². The fraction of sp³-hybridized carbons (Fsp3) is 0.650. The predicted molar refractivity (Wildman–Crippen MR) is 212 cm³/mol. The van der Waals surface area contributed by atoms with Gasteiger partial charge in [-0.1, -0.05) is 64.3 Å². The number of ether oxygens (including phenoxy) is 2. The smallest absolute Gasteiger partial charge is 0.407 e. The molecule has 0 bridgehead atoms. The summed E-state index contributed by atoms with van der Waals surface area (Å²) in [6, 6.07) is 5.75. The maximum atomic E-state index is 13.9. The SMILES string of the molecule is Cc1ncsc1-c1ccc(CNC(=O)C2CC(O)CN2C(=O)C(NC(=O)CCCCCCCOCC(CCC(N)=O)NC(=O)OC(C)(C)C)C(C)(C)C)cc1. The minimum Gasteiger partial charge on any atom is -0.444 e. The molecule has 1 saturated heterocycles. The number of nitrogens with one attached hydrogen (secondary N) is 3. The number of primary amides is 1. The summed E-state index contributed by atoms with van der Waals surface area (Å²) in [5.74, 6) is -1.44. The van der Waals surface area contributed by atoms with Gasteiger partial charge in [-0.3, -0.25) is 19.2 Å². The van der Waals surface area contributed by atoms with Crippen LogP contribution in [0.2, 0.25) is 0 Å². The van der Waals surface area contributed by atoms with Crippen molar-refractivity contribution in [2.75, 3.05) is 19.8 Å². The van der Waals surface area contributed by atoms with Crippen LogP contribution in [0, 0.1) is 12.3 Å². The van der Waals surface area contributed by atoms with Crippen LogP contribution in [0.25, 0.3) is 10.4 Å². The number of β-amino-alcohol motifs (C(OH)–C–C–N with tert-alkyl or cyclic N) is 1. The Morgan fingerprint density at radius 2 is 1.65 bits per heavy atom. The first kappa shape index (κ1) is 45.3. The van der Waals surface area contributed by atoms with Crippen molar-refractivity contribution in [2.24, 2.45) is 11.1 Å². The summed E-state index contributed by atoms with van der Waals surface area (Å²) in [7, 11) is 0. The third kappa shape index (κ3) is 15.9. The predicted octanol–water partition coefficient (Wildman–Crippen LogP) is 4.74. The first-order chi connectivity index (χ1) is 25.8. The van der Waals surface area contributed by atoms with Crippen LogP contribution in [-0.4, -0.2) is 94.3 Å². The summed E-state index contributed by atoms with van der Waals surface area (Å²) >= 11 is 1.57. The summed E-state index contributed by atoms with van der Waals surface area (Å²) in [6.07, 6.45) is 3.43. The molecule has 3 rings (SSSR count). The van der Waals surface area contributed by atoms with E-state index in [-0.39, 0.29) is 56.7 Å². The van der Waals surface area contributed by atoms with E-state index in [2.05, 4.69) is 20.9 Å². The molecule has 0 radical (unpaired) electrons. The number of aliphatic hydroxyl groups is 1.